The van der Waals surface area contributed by atoms with Crippen LogP contribution in [-0.4, -0.2) is 44.0 Å². The molecule has 2 amide bonds. The van der Waals surface area contributed by atoms with Crippen molar-refractivity contribution >= 4 is 11.8 Å². The van der Waals surface area contributed by atoms with Crippen molar-refractivity contribution in [3.63, 3.8) is 0 Å². The predicted octanol–water partition coefficient (Wildman–Crippen LogP) is 3.63. The highest BCUT2D eigenvalue weighted by molar-refractivity contribution is 5.94. The lowest BCUT2D eigenvalue weighted by atomic mass is 9.92. The van der Waals surface area contributed by atoms with Crippen molar-refractivity contribution in [3.05, 3.63) is 59.2 Å². The average Bonchev–Trinajstić information content (AvgIpc) is 2.85. The summed E-state index contributed by atoms with van der Waals surface area (Å²) in [6.45, 7) is 1.80. The minimum absolute atomic E-state index is 0.00264. The molecule has 1 atom stereocenters. The van der Waals surface area contributed by atoms with Crippen molar-refractivity contribution in [1.29, 1.82) is 0 Å². The molecule has 0 radical (unpaired) electrons. The number of methoxy groups -OCH3 is 2. The lowest BCUT2D eigenvalue weighted by Crippen LogP contribution is -2.40. The molecular weight excluding hydrogens is 404 g/mol. The van der Waals surface area contributed by atoms with Crippen molar-refractivity contribution in [1.82, 2.24) is 10.2 Å². The summed E-state index contributed by atoms with van der Waals surface area (Å²) in [6, 6.07) is 12.7. The average molecular weight is 435 g/mol. The van der Waals surface area contributed by atoms with Gasteiger partial charge >= 0.3 is 0 Å². The Morgan fingerprint density at radius 2 is 2.03 bits per heavy atom. The van der Waals surface area contributed by atoms with Crippen LogP contribution in [0, 0.1) is 18.3 Å². The summed E-state index contributed by atoms with van der Waals surface area (Å²) in [5, 5.41) is 2.96. The number of nitrogens with zero attached hydrogens (tertiary/aromatic N) is 1. The second kappa shape index (κ2) is 11.2. The molecule has 32 heavy (non-hydrogen) atoms. The third-order valence-corrected chi connectivity index (χ3v) is 5.83. The second-order valence-corrected chi connectivity index (χ2v) is 7.98. The predicted molar refractivity (Wildman–Crippen MR) is 124 cm³/mol. The molecule has 0 aromatic heterocycles. The van der Waals surface area contributed by atoms with Gasteiger partial charge in [-0.05, 0) is 55.5 Å². The number of hydrogen-bond acceptors (Lipinski definition) is 4. The first-order valence-electron chi connectivity index (χ1n) is 10.9. The zero-order valence-electron chi connectivity index (χ0n) is 18.7. The van der Waals surface area contributed by atoms with Gasteiger partial charge in [-0.3, -0.25) is 9.59 Å². The zero-order valence-corrected chi connectivity index (χ0v) is 18.7. The fourth-order valence-corrected chi connectivity index (χ4v) is 4.03. The van der Waals surface area contributed by atoms with Crippen LogP contribution >= 0.6 is 0 Å². The molecule has 2 aromatic carbocycles. The lowest BCUT2D eigenvalue weighted by Gasteiger charge is -2.33. The fourth-order valence-electron chi connectivity index (χ4n) is 4.03. The van der Waals surface area contributed by atoms with Gasteiger partial charge in [-0.25, -0.2) is 0 Å². The smallest absolute Gasteiger partial charge is 0.253 e. The molecule has 0 unspecified atom stereocenters. The maximum absolute atomic E-state index is 12.9. The van der Waals surface area contributed by atoms with Gasteiger partial charge in [0.25, 0.3) is 5.91 Å². The van der Waals surface area contributed by atoms with E-state index in [0.29, 0.717) is 48.1 Å². The molecule has 1 heterocycles. The van der Waals surface area contributed by atoms with E-state index in [1.807, 2.05) is 29.2 Å². The van der Waals surface area contributed by atoms with Crippen LogP contribution in [0.5, 0.6) is 11.5 Å². The molecule has 1 aliphatic heterocycles. The molecule has 168 valence electrons. The molecule has 6 heteroatoms. The quantitative estimate of drug-likeness (QED) is 0.645. The van der Waals surface area contributed by atoms with Crippen molar-refractivity contribution in [2.45, 2.75) is 32.2 Å². The van der Waals surface area contributed by atoms with Gasteiger partial charge in [-0.15, -0.1) is 6.42 Å². The Morgan fingerprint density at radius 3 is 2.78 bits per heavy atom. The van der Waals surface area contributed by atoms with Gasteiger partial charge in [0, 0.05) is 48.8 Å². The number of likely N-dealkylation sites (tertiary alicyclic amines) is 1. The van der Waals surface area contributed by atoms with Crippen LogP contribution in [-0.2, 0) is 11.3 Å². The van der Waals surface area contributed by atoms with Crippen LogP contribution in [0.1, 0.15) is 47.2 Å². The van der Waals surface area contributed by atoms with Crippen LogP contribution < -0.4 is 14.8 Å². The SMILES string of the molecule is C#Cc1cccc(C(=O)N2CCC[C@H](CCC(=O)NCc3ccc(OC)cc3OC)C2)c1. The Hall–Kier alpha value is -3.46. The maximum atomic E-state index is 12.9. The highest BCUT2D eigenvalue weighted by Gasteiger charge is 2.25. The largest absolute Gasteiger partial charge is 0.497 e. The van der Waals surface area contributed by atoms with Crippen molar-refractivity contribution in [2.75, 3.05) is 27.3 Å². The number of benzene rings is 2. The standard InChI is InChI=1S/C26H30N2O4/c1-4-19-7-5-9-21(15-19)26(30)28-14-6-8-20(18-28)10-13-25(29)27-17-22-11-12-23(31-2)16-24(22)32-3/h1,5,7,9,11-12,15-16,20H,6,8,10,13-14,17-18H2,2-3H3,(H,27,29)/t20-/m1/s1. The molecule has 0 saturated carbocycles. The van der Waals surface area contributed by atoms with Crippen LogP contribution in [0.15, 0.2) is 42.5 Å². The fraction of sp³-hybridized carbons (Fsp3) is 0.385. The summed E-state index contributed by atoms with van der Waals surface area (Å²) in [4.78, 5) is 27.2. The van der Waals surface area contributed by atoms with E-state index in [1.165, 1.54) is 0 Å². The minimum Gasteiger partial charge on any atom is -0.497 e. The summed E-state index contributed by atoms with van der Waals surface area (Å²) in [6.07, 6.45) is 8.59. The number of hydrogen-bond donors (Lipinski definition) is 1. The van der Waals surface area contributed by atoms with Crippen LogP contribution in [0.25, 0.3) is 0 Å². The number of amides is 2. The molecule has 2 aromatic rings. The number of nitrogens with one attached hydrogen (secondary N) is 1. The molecule has 1 N–H and O–H groups in total. The molecule has 1 fully saturated rings. The van der Waals surface area contributed by atoms with E-state index in [4.69, 9.17) is 15.9 Å². The topological polar surface area (TPSA) is 67.9 Å². The van der Waals surface area contributed by atoms with Gasteiger partial charge in [0.1, 0.15) is 11.5 Å². The summed E-state index contributed by atoms with van der Waals surface area (Å²) in [7, 11) is 3.20. The number of piperidine rings is 1. The number of carbonyl (C=O) groups is 2. The number of terminal acetylenes is 1. The van der Waals surface area contributed by atoms with Gasteiger partial charge in [0.15, 0.2) is 0 Å². The van der Waals surface area contributed by atoms with Gasteiger partial charge in [0.2, 0.25) is 5.91 Å². The highest BCUT2D eigenvalue weighted by Crippen LogP contribution is 2.25. The monoisotopic (exact) mass is 434 g/mol. The van der Waals surface area contributed by atoms with Gasteiger partial charge in [0.05, 0.1) is 14.2 Å². The zero-order chi connectivity index (χ0) is 22.9. The Bertz CT molecular complexity index is 996. The number of rotatable bonds is 8. The van der Waals surface area contributed by atoms with Gasteiger partial charge in [-0.2, -0.15) is 0 Å². The van der Waals surface area contributed by atoms with E-state index in [2.05, 4.69) is 11.2 Å². The minimum atomic E-state index is -0.00644. The molecule has 0 aliphatic carbocycles. The Kier molecular flexibility index (Phi) is 8.15. The third-order valence-electron chi connectivity index (χ3n) is 5.83. The van der Waals surface area contributed by atoms with E-state index >= 15 is 0 Å². The number of ether oxygens (including phenoxy) is 2. The lowest BCUT2D eigenvalue weighted by molar-refractivity contribution is -0.121. The Labute approximate surface area is 189 Å². The molecule has 1 aliphatic rings. The first kappa shape index (κ1) is 23.2. The van der Waals surface area contributed by atoms with Crippen molar-refractivity contribution in [3.8, 4) is 23.8 Å². The first-order chi connectivity index (χ1) is 15.5. The molecular formula is C26H30N2O4. The normalized spacial score (nSPS) is 15.5. The van der Waals surface area contributed by atoms with E-state index in [0.717, 1.165) is 31.4 Å². The van der Waals surface area contributed by atoms with E-state index < -0.39 is 0 Å². The second-order valence-electron chi connectivity index (χ2n) is 7.98. The molecule has 3 rings (SSSR count). The summed E-state index contributed by atoms with van der Waals surface area (Å²) in [5.74, 6) is 4.27. The van der Waals surface area contributed by atoms with Crippen molar-refractivity contribution < 1.29 is 19.1 Å². The molecule has 6 nitrogen and oxygen atoms in total. The van der Waals surface area contributed by atoms with E-state index in [1.54, 1.807) is 32.4 Å². The summed E-state index contributed by atoms with van der Waals surface area (Å²) in [5.41, 5.74) is 2.21. The van der Waals surface area contributed by atoms with Gasteiger partial charge in [-0.1, -0.05) is 12.0 Å². The van der Waals surface area contributed by atoms with Crippen LogP contribution in [0.4, 0.5) is 0 Å². The molecule has 0 bridgehead atoms. The number of carbonyl (C=O) groups excluding carboxylic acids is 2. The van der Waals surface area contributed by atoms with Gasteiger partial charge < -0.3 is 19.7 Å². The first-order valence-corrected chi connectivity index (χ1v) is 10.9. The molecule has 0 spiro atoms. The molecule has 1 saturated heterocycles. The Balaban J connectivity index is 1.48. The van der Waals surface area contributed by atoms with E-state index in [-0.39, 0.29) is 11.8 Å². The van der Waals surface area contributed by atoms with E-state index in [9.17, 15) is 9.59 Å². The van der Waals surface area contributed by atoms with Crippen LogP contribution in [0.3, 0.4) is 0 Å². The highest BCUT2D eigenvalue weighted by atomic mass is 16.5. The Morgan fingerprint density at radius 1 is 1.19 bits per heavy atom. The third kappa shape index (κ3) is 6.04. The van der Waals surface area contributed by atoms with Crippen LogP contribution in [0.2, 0.25) is 0 Å². The summed E-state index contributed by atoms with van der Waals surface area (Å²) < 4.78 is 10.6. The van der Waals surface area contributed by atoms with Crippen molar-refractivity contribution in [2.24, 2.45) is 5.92 Å². The maximum Gasteiger partial charge on any atom is 0.253 e. The summed E-state index contributed by atoms with van der Waals surface area (Å²) >= 11 is 0.